The highest BCUT2D eigenvalue weighted by Gasteiger charge is 2.19. The first-order chi connectivity index (χ1) is 6.93. The van der Waals surface area contributed by atoms with Crippen molar-refractivity contribution in [1.82, 2.24) is 0 Å². The molecule has 0 bridgehead atoms. The van der Waals surface area contributed by atoms with E-state index in [9.17, 15) is 13.6 Å². The number of ketones is 1. The second-order valence-electron chi connectivity index (χ2n) is 2.67. The molecule has 0 spiro atoms. The van der Waals surface area contributed by atoms with Crippen LogP contribution in [-0.4, -0.2) is 12.4 Å². The van der Waals surface area contributed by atoms with Crippen molar-refractivity contribution in [1.29, 1.82) is 0 Å². The van der Waals surface area contributed by atoms with Crippen LogP contribution in [0, 0.1) is 3.57 Å². The Morgan fingerprint density at radius 1 is 1.53 bits per heavy atom. The molecule has 0 amide bonds. The molecule has 0 aliphatic rings. The van der Waals surface area contributed by atoms with Crippen LogP contribution in [0.3, 0.4) is 0 Å². The average molecular weight is 346 g/mol. The molecule has 2 nitrogen and oxygen atoms in total. The largest absolute Gasteiger partial charge is 0.433 e. The SMILES string of the molecule is CC(=O)c1c(Cl)ccc(I)c1OC(F)F. The van der Waals surface area contributed by atoms with Gasteiger partial charge in [0.25, 0.3) is 0 Å². The van der Waals surface area contributed by atoms with Gasteiger partial charge in [0.05, 0.1) is 14.2 Å². The fourth-order valence-electron chi connectivity index (χ4n) is 1.07. The molecule has 0 unspecified atom stereocenters. The normalized spacial score (nSPS) is 10.5. The Morgan fingerprint density at radius 3 is 2.60 bits per heavy atom. The third-order valence-corrected chi connectivity index (χ3v) is 2.78. The van der Waals surface area contributed by atoms with Crippen molar-refractivity contribution in [3.05, 3.63) is 26.3 Å². The number of ether oxygens (including phenoxy) is 1. The van der Waals surface area contributed by atoms with Gasteiger partial charge in [-0.05, 0) is 41.6 Å². The summed E-state index contributed by atoms with van der Waals surface area (Å²) < 4.78 is 28.9. The summed E-state index contributed by atoms with van der Waals surface area (Å²) in [5.41, 5.74) is -0.0103. The number of alkyl halides is 2. The quantitative estimate of drug-likeness (QED) is 0.615. The van der Waals surface area contributed by atoms with Gasteiger partial charge in [-0.3, -0.25) is 4.79 Å². The lowest BCUT2D eigenvalue weighted by Crippen LogP contribution is -2.08. The van der Waals surface area contributed by atoms with Crippen molar-refractivity contribution in [3.63, 3.8) is 0 Å². The number of hydrogen-bond acceptors (Lipinski definition) is 2. The van der Waals surface area contributed by atoms with E-state index in [0.29, 0.717) is 3.57 Å². The highest BCUT2D eigenvalue weighted by atomic mass is 127. The molecule has 0 saturated carbocycles. The van der Waals surface area contributed by atoms with E-state index in [1.165, 1.54) is 19.1 Å². The Balaban J connectivity index is 3.31. The predicted molar refractivity (Wildman–Crippen MR) is 60.8 cm³/mol. The summed E-state index contributed by atoms with van der Waals surface area (Å²) in [4.78, 5) is 11.2. The van der Waals surface area contributed by atoms with Crippen molar-refractivity contribution in [3.8, 4) is 5.75 Å². The number of carbonyl (C=O) groups excluding carboxylic acids is 1. The van der Waals surface area contributed by atoms with Crippen LogP contribution < -0.4 is 4.74 Å². The van der Waals surface area contributed by atoms with Crippen molar-refractivity contribution in [2.75, 3.05) is 0 Å². The molecular weight excluding hydrogens is 340 g/mol. The van der Waals surface area contributed by atoms with Gasteiger partial charge >= 0.3 is 6.61 Å². The van der Waals surface area contributed by atoms with Gasteiger partial charge in [-0.15, -0.1) is 0 Å². The summed E-state index contributed by atoms with van der Waals surface area (Å²) in [5, 5.41) is 0.110. The van der Waals surface area contributed by atoms with E-state index in [1.807, 2.05) is 0 Å². The Bertz CT molecular complexity index is 396. The number of benzene rings is 1. The van der Waals surface area contributed by atoms with Crippen LogP contribution in [0.2, 0.25) is 5.02 Å². The van der Waals surface area contributed by atoms with Crippen molar-refractivity contribution in [2.24, 2.45) is 0 Å². The van der Waals surface area contributed by atoms with Crippen LogP contribution in [0.1, 0.15) is 17.3 Å². The topological polar surface area (TPSA) is 26.3 Å². The smallest absolute Gasteiger partial charge is 0.387 e. The van der Waals surface area contributed by atoms with Gasteiger partial charge in [-0.1, -0.05) is 11.6 Å². The third kappa shape index (κ3) is 3.01. The van der Waals surface area contributed by atoms with Crippen molar-refractivity contribution >= 4 is 40.0 Å². The number of hydrogen-bond donors (Lipinski definition) is 0. The zero-order chi connectivity index (χ0) is 11.6. The van der Waals surface area contributed by atoms with Gasteiger partial charge in [-0.2, -0.15) is 8.78 Å². The summed E-state index contributed by atoms with van der Waals surface area (Å²) in [6, 6.07) is 2.98. The molecule has 6 heteroatoms. The molecule has 0 atom stereocenters. The molecule has 1 rings (SSSR count). The Morgan fingerprint density at radius 2 is 2.13 bits per heavy atom. The van der Waals surface area contributed by atoms with Gasteiger partial charge in [0, 0.05) is 0 Å². The molecule has 0 radical (unpaired) electrons. The number of Topliss-reactive ketones (excluding diaryl/α,β-unsaturated/α-hetero) is 1. The van der Waals surface area contributed by atoms with Crippen LogP contribution >= 0.6 is 34.2 Å². The second-order valence-corrected chi connectivity index (χ2v) is 4.24. The molecule has 0 saturated heterocycles. The van der Waals surface area contributed by atoms with Crippen LogP contribution in [0.4, 0.5) is 8.78 Å². The maximum absolute atomic E-state index is 12.1. The summed E-state index contributed by atoms with van der Waals surface area (Å²) in [6.07, 6.45) is 0. The molecule has 1 aromatic rings. The lowest BCUT2D eigenvalue weighted by molar-refractivity contribution is -0.0507. The second kappa shape index (κ2) is 5.07. The molecule has 0 aliphatic heterocycles. The molecule has 0 heterocycles. The number of carbonyl (C=O) groups is 1. The Hall–Kier alpha value is -0.430. The van der Waals surface area contributed by atoms with E-state index in [1.54, 1.807) is 22.6 Å². The fourth-order valence-corrected chi connectivity index (χ4v) is 1.92. The molecule has 0 aliphatic carbocycles. The van der Waals surface area contributed by atoms with Gasteiger partial charge in [0.1, 0.15) is 0 Å². The molecule has 0 aromatic heterocycles. The van der Waals surface area contributed by atoms with Gasteiger partial charge in [0.2, 0.25) is 0 Å². The number of halogens is 4. The van der Waals surface area contributed by atoms with Gasteiger partial charge in [0.15, 0.2) is 11.5 Å². The monoisotopic (exact) mass is 346 g/mol. The van der Waals surface area contributed by atoms with Crippen molar-refractivity contribution in [2.45, 2.75) is 13.5 Å². The minimum absolute atomic E-state index is 0.0103. The zero-order valence-corrected chi connectivity index (χ0v) is 10.5. The van der Waals surface area contributed by atoms with Crippen LogP contribution in [-0.2, 0) is 0 Å². The zero-order valence-electron chi connectivity index (χ0n) is 7.56. The Labute approximate surface area is 104 Å². The maximum Gasteiger partial charge on any atom is 0.387 e. The van der Waals surface area contributed by atoms with Crippen LogP contribution in [0.25, 0.3) is 0 Å². The van der Waals surface area contributed by atoms with Crippen molar-refractivity contribution < 1.29 is 18.3 Å². The summed E-state index contributed by atoms with van der Waals surface area (Å²) in [5.74, 6) is -0.570. The van der Waals surface area contributed by atoms with Crippen LogP contribution in [0.5, 0.6) is 5.75 Å². The van der Waals surface area contributed by atoms with E-state index < -0.39 is 12.4 Å². The first-order valence-electron chi connectivity index (χ1n) is 3.87. The maximum atomic E-state index is 12.1. The highest BCUT2D eigenvalue weighted by Crippen LogP contribution is 2.33. The lowest BCUT2D eigenvalue weighted by Gasteiger charge is -2.11. The van der Waals surface area contributed by atoms with E-state index in [4.69, 9.17) is 11.6 Å². The number of rotatable bonds is 3. The van der Waals surface area contributed by atoms with E-state index in [0.717, 1.165) is 0 Å². The summed E-state index contributed by atoms with van der Waals surface area (Å²) in [6.45, 7) is -1.73. The standard InChI is InChI=1S/C9H6ClF2IO2/c1-4(14)7-5(10)2-3-6(13)8(7)15-9(11)12/h2-3,9H,1H3. The average Bonchev–Trinajstić information content (AvgIpc) is 2.10. The van der Waals surface area contributed by atoms with Gasteiger partial charge in [-0.25, -0.2) is 0 Å². The molecule has 82 valence electrons. The van der Waals surface area contributed by atoms with Gasteiger partial charge < -0.3 is 4.74 Å². The first-order valence-corrected chi connectivity index (χ1v) is 5.33. The summed E-state index contributed by atoms with van der Waals surface area (Å²) >= 11 is 7.53. The molecule has 0 fully saturated rings. The third-order valence-electron chi connectivity index (χ3n) is 1.62. The highest BCUT2D eigenvalue weighted by molar-refractivity contribution is 14.1. The van der Waals surface area contributed by atoms with E-state index >= 15 is 0 Å². The first kappa shape index (κ1) is 12.6. The molecule has 15 heavy (non-hydrogen) atoms. The lowest BCUT2D eigenvalue weighted by atomic mass is 10.1. The minimum atomic E-state index is -2.98. The fraction of sp³-hybridized carbons (Fsp3) is 0.222. The van der Waals surface area contributed by atoms with E-state index in [-0.39, 0.29) is 16.3 Å². The predicted octanol–water partition coefficient (Wildman–Crippen LogP) is 3.75. The van der Waals surface area contributed by atoms with E-state index in [2.05, 4.69) is 4.74 Å². The molecule has 1 aromatic carbocycles. The molecular formula is C9H6ClF2IO2. The minimum Gasteiger partial charge on any atom is -0.433 e. The van der Waals surface area contributed by atoms with Crippen LogP contribution in [0.15, 0.2) is 12.1 Å². The summed E-state index contributed by atoms with van der Waals surface area (Å²) in [7, 11) is 0. The Kier molecular flexibility index (Phi) is 4.27. The molecule has 0 N–H and O–H groups in total.